The first kappa shape index (κ1) is 15.8. The number of rotatable bonds is 5. The van der Waals surface area contributed by atoms with Gasteiger partial charge in [-0.05, 0) is 32.9 Å². The van der Waals surface area contributed by atoms with Crippen molar-refractivity contribution in [3.8, 4) is 10.4 Å². The zero-order valence-electron chi connectivity index (χ0n) is 12.7. The van der Waals surface area contributed by atoms with Gasteiger partial charge in [-0.25, -0.2) is 17.8 Å². The fraction of sp³-hybridized carbons (Fsp3) is 0.308. The topological polar surface area (TPSA) is 111 Å². The molecule has 0 bridgehead atoms. The molecule has 3 aromatic heterocycles. The van der Waals surface area contributed by atoms with Gasteiger partial charge in [0.25, 0.3) is 0 Å². The van der Waals surface area contributed by atoms with E-state index in [-0.39, 0.29) is 10.8 Å². The summed E-state index contributed by atoms with van der Waals surface area (Å²) in [4.78, 5) is 0.793. The number of aryl methyl sites for hydroxylation is 3. The van der Waals surface area contributed by atoms with E-state index in [0.29, 0.717) is 17.1 Å². The smallest absolute Gasteiger partial charge is 0.250 e. The molecule has 3 heterocycles. The van der Waals surface area contributed by atoms with Crippen LogP contribution >= 0.6 is 11.3 Å². The number of nitrogens with one attached hydrogen (secondary N) is 1. The Hall–Kier alpha value is -2.04. The average Bonchev–Trinajstić information content (AvgIpc) is 3.19. The van der Waals surface area contributed by atoms with Crippen LogP contribution in [0, 0.1) is 20.8 Å². The zero-order chi connectivity index (χ0) is 16.6. The molecule has 0 unspecified atom stereocenters. The summed E-state index contributed by atoms with van der Waals surface area (Å²) < 4.78 is 37.1. The lowest BCUT2D eigenvalue weighted by molar-refractivity contribution is 0.301. The summed E-state index contributed by atoms with van der Waals surface area (Å²) in [6.07, 6.45) is 0. The number of sulfonamides is 1. The second kappa shape index (κ2) is 5.87. The Labute approximate surface area is 136 Å². The predicted octanol–water partition coefficient (Wildman–Crippen LogP) is 2.19. The lowest BCUT2D eigenvalue weighted by Crippen LogP contribution is -2.22. The van der Waals surface area contributed by atoms with Crippen molar-refractivity contribution in [2.45, 2.75) is 31.5 Å². The van der Waals surface area contributed by atoms with Gasteiger partial charge in [0.1, 0.15) is 21.4 Å². The minimum absolute atomic E-state index is 0.0240. The van der Waals surface area contributed by atoms with Crippen LogP contribution in [0.3, 0.4) is 0 Å². The normalized spacial score (nSPS) is 12.0. The first-order valence-electron chi connectivity index (χ1n) is 6.69. The molecule has 23 heavy (non-hydrogen) atoms. The summed E-state index contributed by atoms with van der Waals surface area (Å²) in [6.45, 7) is 5.33. The Balaban J connectivity index is 1.83. The Morgan fingerprint density at radius 3 is 2.52 bits per heavy atom. The van der Waals surface area contributed by atoms with E-state index in [1.807, 2.05) is 6.92 Å². The SMILES string of the molecule is Cc1nonc1CNS(=O)(=O)c1ccc(-c2c(C)noc2C)s1. The molecule has 3 rings (SSSR count). The van der Waals surface area contributed by atoms with Crippen molar-refractivity contribution in [3.63, 3.8) is 0 Å². The molecule has 0 fully saturated rings. The van der Waals surface area contributed by atoms with E-state index >= 15 is 0 Å². The molecule has 0 aliphatic heterocycles. The predicted molar refractivity (Wildman–Crippen MR) is 82.4 cm³/mol. The lowest BCUT2D eigenvalue weighted by Gasteiger charge is -2.02. The van der Waals surface area contributed by atoms with Crippen molar-refractivity contribution in [1.29, 1.82) is 0 Å². The third-order valence-corrected chi connectivity index (χ3v) is 6.30. The second-order valence-electron chi connectivity index (χ2n) is 4.94. The maximum absolute atomic E-state index is 12.4. The standard InChI is InChI=1S/C13H14N4O4S2/c1-7-10(17-21-16-7)6-14-23(18,19)12-5-4-11(22-12)13-8(2)15-20-9(13)3/h4-5,14H,6H2,1-3H3. The van der Waals surface area contributed by atoms with Crippen LogP contribution in [0.1, 0.15) is 22.8 Å². The van der Waals surface area contributed by atoms with E-state index in [2.05, 4.69) is 24.8 Å². The van der Waals surface area contributed by atoms with Crippen LogP contribution in [-0.4, -0.2) is 23.9 Å². The highest BCUT2D eigenvalue weighted by atomic mass is 32.2. The van der Waals surface area contributed by atoms with Crippen LogP contribution in [0.5, 0.6) is 0 Å². The molecular formula is C13H14N4O4S2. The van der Waals surface area contributed by atoms with E-state index in [1.165, 1.54) is 0 Å². The molecule has 1 N–H and O–H groups in total. The molecule has 0 aliphatic rings. The molecule has 0 saturated carbocycles. The molecular weight excluding hydrogens is 340 g/mol. The van der Waals surface area contributed by atoms with Gasteiger partial charge in [-0.3, -0.25) is 0 Å². The third kappa shape index (κ3) is 3.05. The Bertz CT molecular complexity index is 919. The molecule has 3 aromatic rings. The van der Waals surface area contributed by atoms with Crippen molar-refractivity contribution in [2.75, 3.05) is 0 Å². The van der Waals surface area contributed by atoms with Crippen molar-refractivity contribution in [3.05, 3.63) is 35.0 Å². The van der Waals surface area contributed by atoms with Gasteiger partial charge in [0.2, 0.25) is 10.0 Å². The number of hydrogen-bond acceptors (Lipinski definition) is 8. The molecule has 0 radical (unpaired) electrons. The van der Waals surface area contributed by atoms with Gasteiger partial charge < -0.3 is 4.52 Å². The van der Waals surface area contributed by atoms with Gasteiger partial charge in [0.05, 0.1) is 17.8 Å². The number of nitrogens with zero attached hydrogens (tertiary/aromatic N) is 3. The Morgan fingerprint density at radius 1 is 1.13 bits per heavy atom. The molecule has 0 saturated heterocycles. The summed E-state index contributed by atoms with van der Waals surface area (Å²) in [5, 5.41) is 11.1. The first-order chi connectivity index (χ1) is 10.9. The molecule has 0 amide bonds. The highest BCUT2D eigenvalue weighted by Crippen LogP contribution is 2.34. The quantitative estimate of drug-likeness (QED) is 0.747. The largest absolute Gasteiger partial charge is 0.361 e. The monoisotopic (exact) mass is 354 g/mol. The summed E-state index contributed by atoms with van der Waals surface area (Å²) in [5.74, 6) is 0.658. The van der Waals surface area contributed by atoms with Crippen molar-refractivity contribution >= 4 is 21.4 Å². The third-order valence-electron chi connectivity index (χ3n) is 3.30. The van der Waals surface area contributed by atoms with E-state index in [4.69, 9.17) is 4.52 Å². The van der Waals surface area contributed by atoms with Crippen LogP contribution in [0.15, 0.2) is 25.5 Å². The maximum Gasteiger partial charge on any atom is 0.250 e. The van der Waals surface area contributed by atoms with Gasteiger partial charge in [0, 0.05) is 4.88 Å². The van der Waals surface area contributed by atoms with E-state index < -0.39 is 10.0 Å². The fourth-order valence-corrected chi connectivity index (χ4v) is 4.56. The van der Waals surface area contributed by atoms with Crippen LogP contribution in [0.4, 0.5) is 0 Å². The van der Waals surface area contributed by atoms with Gasteiger partial charge in [-0.15, -0.1) is 11.3 Å². The fourth-order valence-electron chi connectivity index (χ4n) is 2.08. The molecule has 122 valence electrons. The Kier molecular flexibility index (Phi) is 4.04. The maximum atomic E-state index is 12.4. The van der Waals surface area contributed by atoms with Gasteiger partial charge >= 0.3 is 0 Å². The van der Waals surface area contributed by atoms with Gasteiger partial charge in [-0.2, -0.15) is 0 Å². The van der Waals surface area contributed by atoms with Crippen LogP contribution in [0.25, 0.3) is 10.4 Å². The molecule has 0 aliphatic carbocycles. The number of hydrogen-bond donors (Lipinski definition) is 1. The minimum Gasteiger partial charge on any atom is -0.361 e. The molecule has 0 spiro atoms. The van der Waals surface area contributed by atoms with Crippen LogP contribution in [-0.2, 0) is 16.6 Å². The first-order valence-corrected chi connectivity index (χ1v) is 8.99. The van der Waals surface area contributed by atoms with E-state index in [9.17, 15) is 8.42 Å². The molecule has 0 atom stereocenters. The number of aromatic nitrogens is 3. The summed E-state index contributed by atoms with van der Waals surface area (Å²) >= 11 is 1.16. The van der Waals surface area contributed by atoms with Crippen LogP contribution < -0.4 is 4.72 Å². The van der Waals surface area contributed by atoms with Gasteiger partial charge in [-0.1, -0.05) is 15.5 Å². The van der Waals surface area contributed by atoms with Crippen molar-refractivity contribution in [2.24, 2.45) is 0 Å². The van der Waals surface area contributed by atoms with E-state index in [0.717, 1.165) is 27.5 Å². The van der Waals surface area contributed by atoms with Crippen molar-refractivity contribution in [1.82, 2.24) is 20.2 Å². The zero-order valence-corrected chi connectivity index (χ0v) is 14.3. The van der Waals surface area contributed by atoms with E-state index in [1.54, 1.807) is 26.0 Å². The molecule has 0 aromatic carbocycles. The summed E-state index contributed by atoms with van der Waals surface area (Å²) in [6, 6.07) is 3.30. The highest BCUT2D eigenvalue weighted by Gasteiger charge is 2.21. The average molecular weight is 354 g/mol. The minimum atomic E-state index is -3.64. The Morgan fingerprint density at radius 2 is 1.91 bits per heavy atom. The van der Waals surface area contributed by atoms with Crippen molar-refractivity contribution < 1.29 is 17.6 Å². The molecule has 8 nitrogen and oxygen atoms in total. The summed E-state index contributed by atoms with van der Waals surface area (Å²) in [7, 11) is -3.64. The highest BCUT2D eigenvalue weighted by molar-refractivity contribution is 7.91. The second-order valence-corrected chi connectivity index (χ2v) is 8.02. The summed E-state index contributed by atoms with van der Waals surface area (Å²) in [5.41, 5.74) is 2.56. The molecule has 10 heteroatoms. The van der Waals surface area contributed by atoms with Crippen LogP contribution in [0.2, 0.25) is 0 Å². The number of thiophene rings is 1. The lowest BCUT2D eigenvalue weighted by atomic mass is 10.2. The van der Waals surface area contributed by atoms with Gasteiger partial charge in [0.15, 0.2) is 0 Å².